The Morgan fingerprint density at radius 3 is 2.07 bits per heavy atom. The molecular formula is C38H33NO6. The van der Waals surface area contributed by atoms with Crippen LogP contribution in [-0.2, 0) is 20.9 Å². The number of hydrogen-bond acceptors (Lipinski definition) is 6. The summed E-state index contributed by atoms with van der Waals surface area (Å²) in [5.74, 6) is -0.578. The van der Waals surface area contributed by atoms with E-state index in [4.69, 9.17) is 9.47 Å². The van der Waals surface area contributed by atoms with Crippen molar-refractivity contribution in [2.45, 2.75) is 38.4 Å². The van der Waals surface area contributed by atoms with Crippen LogP contribution >= 0.6 is 0 Å². The van der Waals surface area contributed by atoms with Gasteiger partial charge in [0.05, 0.1) is 23.1 Å². The van der Waals surface area contributed by atoms with Gasteiger partial charge in [0.25, 0.3) is 0 Å². The number of carbonyl (C=O) groups excluding carboxylic acids is 4. The van der Waals surface area contributed by atoms with Gasteiger partial charge in [0.1, 0.15) is 12.4 Å². The van der Waals surface area contributed by atoms with Gasteiger partial charge in [-0.15, -0.1) is 0 Å². The molecule has 0 unspecified atom stereocenters. The molecule has 7 rings (SSSR count). The summed E-state index contributed by atoms with van der Waals surface area (Å²) in [6, 6.07) is 33.0. The number of anilines is 1. The quantitative estimate of drug-likeness (QED) is 0.122. The minimum Gasteiger partial charge on any atom is -0.489 e. The second-order valence-electron chi connectivity index (χ2n) is 12.2. The highest BCUT2D eigenvalue weighted by Gasteiger charge is 2.64. The first-order chi connectivity index (χ1) is 21.9. The maximum atomic E-state index is 13.6. The molecule has 1 aliphatic heterocycles. The maximum Gasteiger partial charge on any atom is 0.338 e. The Balaban J connectivity index is 0.969. The zero-order valence-corrected chi connectivity index (χ0v) is 24.9. The minimum absolute atomic E-state index is 0.143. The molecule has 1 heterocycles. The number of ether oxygens (including phenoxy) is 2. The molecule has 0 N–H and O–H groups in total. The summed E-state index contributed by atoms with van der Waals surface area (Å²) in [5.41, 5.74) is 3.36. The fraction of sp³-hybridized carbons (Fsp3) is 0.263. The molecule has 0 spiro atoms. The first-order valence-electron chi connectivity index (χ1n) is 15.4. The topological polar surface area (TPSA) is 90.0 Å². The van der Waals surface area contributed by atoms with E-state index in [1.807, 2.05) is 48.5 Å². The van der Waals surface area contributed by atoms with E-state index in [9.17, 15) is 19.2 Å². The average molecular weight is 600 g/mol. The Labute approximate surface area is 261 Å². The van der Waals surface area contributed by atoms with E-state index in [-0.39, 0.29) is 46.8 Å². The van der Waals surface area contributed by atoms with Gasteiger partial charge < -0.3 is 9.47 Å². The summed E-state index contributed by atoms with van der Waals surface area (Å²) in [6.07, 6.45) is 0.826. The molecule has 6 atom stereocenters. The van der Waals surface area contributed by atoms with Crippen LogP contribution in [0.3, 0.4) is 0 Å². The molecular weight excluding hydrogens is 566 g/mol. The van der Waals surface area contributed by atoms with Gasteiger partial charge in [-0.2, -0.15) is 0 Å². The second kappa shape index (κ2) is 11.8. The SMILES string of the molecule is C[C@H](OC(=O)c1ccc(N2C(=O)[C@H]3[C@H]4C[C@@H]([C@@H]3C2=O)[C@@H](c2ccccc2)C4)cc1)C(=O)c1ccc(OCc2ccccc2)cc1. The lowest BCUT2D eigenvalue weighted by Crippen LogP contribution is -2.33. The van der Waals surface area contributed by atoms with Crippen LogP contribution in [0.25, 0.3) is 0 Å². The summed E-state index contributed by atoms with van der Waals surface area (Å²) in [7, 11) is 0. The third-order valence-electron chi connectivity index (χ3n) is 9.64. The third kappa shape index (κ3) is 5.33. The predicted octanol–water partition coefficient (Wildman–Crippen LogP) is 6.62. The fourth-order valence-corrected chi connectivity index (χ4v) is 7.52. The number of imide groups is 1. The molecule has 2 bridgehead atoms. The normalized spacial score (nSPS) is 23.9. The monoisotopic (exact) mass is 599 g/mol. The first-order valence-corrected chi connectivity index (χ1v) is 15.4. The van der Waals surface area contributed by atoms with E-state index in [0.29, 0.717) is 29.5 Å². The van der Waals surface area contributed by atoms with Gasteiger partial charge in [0.2, 0.25) is 17.6 Å². The molecule has 2 saturated carbocycles. The van der Waals surface area contributed by atoms with Crippen LogP contribution in [0.2, 0.25) is 0 Å². The molecule has 2 amide bonds. The van der Waals surface area contributed by atoms with Crippen LogP contribution in [-0.4, -0.2) is 29.7 Å². The van der Waals surface area contributed by atoms with Crippen molar-refractivity contribution in [1.82, 2.24) is 0 Å². The summed E-state index contributed by atoms with van der Waals surface area (Å²) < 4.78 is 11.3. The minimum atomic E-state index is -1.01. The zero-order valence-electron chi connectivity index (χ0n) is 24.9. The number of amides is 2. The van der Waals surface area contributed by atoms with Gasteiger partial charge >= 0.3 is 5.97 Å². The number of hydrogen-bond donors (Lipinski definition) is 0. The van der Waals surface area contributed by atoms with Crippen molar-refractivity contribution in [1.29, 1.82) is 0 Å². The molecule has 226 valence electrons. The van der Waals surface area contributed by atoms with Crippen LogP contribution in [0.5, 0.6) is 5.75 Å². The Morgan fingerprint density at radius 2 is 1.38 bits per heavy atom. The number of rotatable bonds is 9. The molecule has 45 heavy (non-hydrogen) atoms. The largest absolute Gasteiger partial charge is 0.489 e. The molecule has 3 fully saturated rings. The molecule has 7 heteroatoms. The Kier molecular flexibility index (Phi) is 7.53. The molecule has 3 aliphatic rings. The van der Waals surface area contributed by atoms with Crippen molar-refractivity contribution in [2.24, 2.45) is 23.7 Å². The van der Waals surface area contributed by atoms with Crippen molar-refractivity contribution in [3.63, 3.8) is 0 Å². The van der Waals surface area contributed by atoms with Crippen LogP contribution in [0.1, 0.15) is 57.5 Å². The van der Waals surface area contributed by atoms with Crippen molar-refractivity contribution in [2.75, 3.05) is 4.90 Å². The molecule has 4 aromatic rings. The highest BCUT2D eigenvalue weighted by molar-refractivity contribution is 6.22. The van der Waals surface area contributed by atoms with Crippen molar-refractivity contribution in [3.8, 4) is 5.75 Å². The zero-order chi connectivity index (χ0) is 31.1. The standard InChI is InChI=1S/C38H33NO6/c1-23(35(40)26-14-18-30(19-15-26)44-22-24-8-4-2-5-9-24)45-38(43)27-12-16-29(17-13-27)39-36(41)33-28-20-31(25-10-6-3-7-11-25)32(21-28)34(33)37(39)42/h2-19,23,28,31-34H,20-22H2,1H3/t23-,28+,31+,32+,33-,34-/m0/s1. The average Bonchev–Trinajstić information content (AvgIpc) is 3.75. The van der Waals surface area contributed by atoms with Crippen molar-refractivity contribution in [3.05, 3.63) is 131 Å². The summed E-state index contributed by atoms with van der Waals surface area (Å²) >= 11 is 0. The van der Waals surface area contributed by atoms with E-state index in [1.165, 1.54) is 29.5 Å². The number of fused-ring (bicyclic) bond motifs is 5. The van der Waals surface area contributed by atoms with Crippen molar-refractivity contribution >= 4 is 29.3 Å². The summed E-state index contributed by atoms with van der Waals surface area (Å²) in [6.45, 7) is 1.95. The van der Waals surface area contributed by atoms with Gasteiger partial charge in [-0.25, -0.2) is 4.79 Å². The second-order valence-corrected chi connectivity index (χ2v) is 12.2. The number of Topliss-reactive ketones (excluding diaryl/α,β-unsaturated/α-hetero) is 1. The van der Waals surface area contributed by atoms with E-state index < -0.39 is 12.1 Å². The third-order valence-corrected chi connectivity index (χ3v) is 9.64. The number of carbonyl (C=O) groups is 4. The van der Waals surface area contributed by atoms with E-state index >= 15 is 0 Å². The van der Waals surface area contributed by atoms with Crippen LogP contribution in [0, 0.1) is 23.7 Å². The van der Waals surface area contributed by atoms with Gasteiger partial charge in [-0.05, 0) is 97.2 Å². The number of esters is 1. The molecule has 7 nitrogen and oxygen atoms in total. The van der Waals surface area contributed by atoms with Gasteiger partial charge in [-0.3, -0.25) is 19.3 Å². The van der Waals surface area contributed by atoms with E-state index in [0.717, 1.165) is 18.4 Å². The number of ketones is 1. The highest BCUT2D eigenvalue weighted by atomic mass is 16.5. The van der Waals surface area contributed by atoms with E-state index in [2.05, 4.69) is 12.1 Å². The van der Waals surface area contributed by atoms with Gasteiger partial charge in [0, 0.05) is 5.56 Å². The lowest BCUT2D eigenvalue weighted by molar-refractivity contribution is -0.123. The van der Waals surface area contributed by atoms with Crippen molar-refractivity contribution < 1.29 is 28.7 Å². The molecule has 1 saturated heterocycles. The summed E-state index contributed by atoms with van der Waals surface area (Å²) in [4.78, 5) is 54.3. The highest BCUT2D eigenvalue weighted by Crippen LogP contribution is 2.61. The lowest BCUT2D eigenvalue weighted by atomic mass is 9.73. The Hall–Kier alpha value is -5.04. The van der Waals surface area contributed by atoms with Crippen LogP contribution in [0.4, 0.5) is 5.69 Å². The van der Waals surface area contributed by atoms with Crippen LogP contribution in [0.15, 0.2) is 109 Å². The molecule has 0 aromatic heterocycles. The molecule has 0 radical (unpaired) electrons. The van der Waals surface area contributed by atoms with E-state index in [1.54, 1.807) is 36.4 Å². The molecule has 4 aromatic carbocycles. The summed E-state index contributed by atoms with van der Waals surface area (Å²) in [5, 5.41) is 0. The lowest BCUT2D eigenvalue weighted by Gasteiger charge is -2.28. The number of nitrogens with zero attached hydrogens (tertiary/aromatic N) is 1. The van der Waals surface area contributed by atoms with Gasteiger partial charge in [-0.1, -0.05) is 60.7 Å². The smallest absolute Gasteiger partial charge is 0.338 e. The molecule has 2 aliphatic carbocycles. The predicted molar refractivity (Wildman–Crippen MR) is 168 cm³/mol. The number of benzene rings is 4. The van der Waals surface area contributed by atoms with Gasteiger partial charge in [0.15, 0.2) is 6.10 Å². The van der Waals surface area contributed by atoms with Crippen LogP contribution < -0.4 is 9.64 Å². The first kappa shape index (κ1) is 28.7. The Bertz CT molecular complexity index is 1730. The Morgan fingerprint density at radius 1 is 0.756 bits per heavy atom. The fourth-order valence-electron chi connectivity index (χ4n) is 7.52. The maximum absolute atomic E-state index is 13.6.